The quantitative estimate of drug-likeness (QED) is 0.503. The van der Waals surface area contributed by atoms with E-state index in [2.05, 4.69) is 31.7 Å². The first-order chi connectivity index (χ1) is 12.6. The summed E-state index contributed by atoms with van der Waals surface area (Å²) in [6.07, 6.45) is 11.8. The Morgan fingerprint density at radius 3 is 2.69 bits per heavy atom. The van der Waals surface area contributed by atoms with E-state index in [1.807, 2.05) is 18.2 Å². The molecule has 0 radical (unpaired) electrons. The molecule has 2 aromatic carbocycles. The van der Waals surface area contributed by atoms with Crippen molar-refractivity contribution in [3.05, 3.63) is 59.9 Å². The molecule has 2 aliphatic rings. The van der Waals surface area contributed by atoms with Crippen molar-refractivity contribution in [1.29, 1.82) is 0 Å². The van der Waals surface area contributed by atoms with Crippen LogP contribution < -0.4 is 0 Å². The van der Waals surface area contributed by atoms with Gasteiger partial charge in [-0.05, 0) is 97.3 Å². The van der Waals surface area contributed by atoms with Gasteiger partial charge >= 0.3 is 0 Å². The van der Waals surface area contributed by atoms with Crippen LogP contribution in [-0.4, -0.2) is 0 Å². The zero-order valence-corrected chi connectivity index (χ0v) is 16.0. The van der Waals surface area contributed by atoms with Crippen LogP contribution in [0, 0.1) is 23.6 Å². The average Bonchev–Trinajstić information content (AvgIpc) is 2.66. The van der Waals surface area contributed by atoms with Gasteiger partial charge in [0, 0.05) is 5.39 Å². The maximum Gasteiger partial charge on any atom is 0.131 e. The van der Waals surface area contributed by atoms with Crippen LogP contribution in [0.15, 0.2) is 43.0 Å². The zero-order valence-electron chi connectivity index (χ0n) is 16.0. The lowest BCUT2D eigenvalue weighted by Crippen LogP contribution is -2.29. The topological polar surface area (TPSA) is 0 Å². The lowest BCUT2D eigenvalue weighted by Gasteiger charge is -2.41. The van der Waals surface area contributed by atoms with Gasteiger partial charge in [0.25, 0.3) is 0 Å². The number of allylic oxidation sites excluding steroid dienone is 1. The number of halogens is 1. The van der Waals surface area contributed by atoms with Crippen molar-refractivity contribution < 1.29 is 4.39 Å². The van der Waals surface area contributed by atoms with Gasteiger partial charge < -0.3 is 0 Å². The summed E-state index contributed by atoms with van der Waals surface area (Å²) in [7, 11) is 0. The molecule has 2 unspecified atom stereocenters. The fourth-order valence-corrected chi connectivity index (χ4v) is 5.47. The van der Waals surface area contributed by atoms with Gasteiger partial charge in [0.1, 0.15) is 5.82 Å². The predicted octanol–water partition coefficient (Wildman–Crippen LogP) is 7.42. The summed E-state index contributed by atoms with van der Waals surface area (Å²) in [5.41, 5.74) is 2.42. The van der Waals surface area contributed by atoms with Crippen molar-refractivity contribution in [3.63, 3.8) is 0 Å². The Morgan fingerprint density at radius 2 is 1.85 bits per heavy atom. The number of hydrogen-bond acceptors (Lipinski definition) is 0. The molecule has 2 fully saturated rings. The lowest BCUT2D eigenvalue weighted by molar-refractivity contribution is 0.124. The van der Waals surface area contributed by atoms with Crippen LogP contribution in [0.3, 0.4) is 0 Å². The molecule has 0 aromatic heterocycles. The summed E-state index contributed by atoms with van der Waals surface area (Å²) >= 11 is 0. The van der Waals surface area contributed by atoms with Crippen LogP contribution in [0.25, 0.3) is 10.8 Å². The molecule has 0 spiro atoms. The molecule has 2 aromatic rings. The van der Waals surface area contributed by atoms with Gasteiger partial charge in [0.15, 0.2) is 0 Å². The van der Waals surface area contributed by atoms with Gasteiger partial charge in [0.05, 0.1) is 0 Å². The Kier molecular flexibility index (Phi) is 5.16. The number of rotatable bonds is 4. The van der Waals surface area contributed by atoms with Gasteiger partial charge in [-0.25, -0.2) is 4.39 Å². The van der Waals surface area contributed by atoms with E-state index >= 15 is 0 Å². The highest BCUT2D eigenvalue weighted by Gasteiger charge is 2.35. The second-order valence-electron chi connectivity index (χ2n) is 8.83. The van der Waals surface area contributed by atoms with Crippen LogP contribution in [-0.2, 0) is 6.42 Å². The Balaban J connectivity index is 1.56. The first kappa shape index (κ1) is 17.8. The Morgan fingerprint density at radius 1 is 1.04 bits per heavy atom. The molecule has 0 saturated heterocycles. The standard InChI is InChI=1S/C25H31F/c1-3-4-5-18-7-9-22-15-23(16-25(26)24(22)13-18)21-11-10-19-12-17(2)6-8-20(19)14-21/h3,7,9,13,15-17,19-21H,1,4-6,8,10-12,14H2,2H3/t17?,19-,20?,21-/m1/s1. The van der Waals surface area contributed by atoms with Crippen molar-refractivity contribution in [1.82, 2.24) is 0 Å². The molecular weight excluding hydrogens is 319 g/mol. The van der Waals surface area contributed by atoms with Gasteiger partial charge in [-0.15, -0.1) is 6.58 Å². The van der Waals surface area contributed by atoms with Crippen LogP contribution in [0.2, 0.25) is 0 Å². The van der Waals surface area contributed by atoms with E-state index in [1.54, 1.807) is 0 Å². The predicted molar refractivity (Wildman–Crippen MR) is 109 cm³/mol. The molecule has 4 atom stereocenters. The van der Waals surface area contributed by atoms with Crippen molar-refractivity contribution >= 4 is 10.8 Å². The monoisotopic (exact) mass is 350 g/mol. The van der Waals surface area contributed by atoms with E-state index in [-0.39, 0.29) is 5.82 Å². The molecule has 0 bridgehead atoms. The molecule has 2 aliphatic carbocycles. The maximum absolute atomic E-state index is 14.9. The summed E-state index contributed by atoms with van der Waals surface area (Å²) in [6.45, 7) is 6.18. The molecule has 0 N–H and O–H groups in total. The summed E-state index contributed by atoms with van der Waals surface area (Å²) in [5, 5.41) is 1.83. The highest BCUT2D eigenvalue weighted by molar-refractivity contribution is 5.84. The Labute approximate surface area is 157 Å². The van der Waals surface area contributed by atoms with Crippen LogP contribution in [0.4, 0.5) is 4.39 Å². The molecular formula is C25H31F. The first-order valence-electron chi connectivity index (χ1n) is 10.5. The molecule has 0 amide bonds. The normalized spacial score (nSPS) is 28.7. The third-order valence-corrected chi connectivity index (χ3v) is 6.97. The number of benzene rings is 2. The molecule has 0 aliphatic heterocycles. The average molecular weight is 351 g/mol. The van der Waals surface area contributed by atoms with Gasteiger partial charge in [-0.1, -0.05) is 37.6 Å². The summed E-state index contributed by atoms with van der Waals surface area (Å²) in [6, 6.07) is 10.4. The molecule has 0 heterocycles. The zero-order chi connectivity index (χ0) is 18.1. The fraction of sp³-hybridized carbons (Fsp3) is 0.520. The van der Waals surface area contributed by atoms with E-state index in [4.69, 9.17) is 0 Å². The summed E-state index contributed by atoms with van der Waals surface area (Å²) in [4.78, 5) is 0. The van der Waals surface area contributed by atoms with Crippen LogP contribution in [0.5, 0.6) is 0 Å². The van der Waals surface area contributed by atoms with Gasteiger partial charge in [0.2, 0.25) is 0 Å². The molecule has 2 saturated carbocycles. The maximum atomic E-state index is 14.9. The third-order valence-electron chi connectivity index (χ3n) is 6.97. The van der Waals surface area contributed by atoms with Crippen LogP contribution in [0.1, 0.15) is 68.9 Å². The molecule has 0 nitrogen and oxygen atoms in total. The summed E-state index contributed by atoms with van der Waals surface area (Å²) < 4.78 is 14.9. The van der Waals surface area contributed by atoms with Crippen molar-refractivity contribution in [2.24, 2.45) is 17.8 Å². The minimum absolute atomic E-state index is 0.0441. The minimum Gasteiger partial charge on any atom is -0.206 e. The largest absolute Gasteiger partial charge is 0.206 e. The highest BCUT2D eigenvalue weighted by atomic mass is 19.1. The SMILES string of the molecule is C=CCCc1ccc2cc([C@@H]3CC[C@@H]4CC(C)CCC4C3)cc(F)c2c1. The van der Waals surface area contributed by atoms with E-state index in [0.29, 0.717) is 5.92 Å². The molecule has 138 valence electrons. The first-order valence-corrected chi connectivity index (χ1v) is 10.5. The van der Waals surface area contributed by atoms with Gasteiger partial charge in [-0.3, -0.25) is 0 Å². The molecule has 26 heavy (non-hydrogen) atoms. The van der Waals surface area contributed by atoms with Crippen molar-refractivity contribution in [2.75, 3.05) is 0 Å². The van der Waals surface area contributed by atoms with E-state index in [1.165, 1.54) is 49.7 Å². The lowest BCUT2D eigenvalue weighted by atomic mass is 9.64. The number of hydrogen-bond donors (Lipinski definition) is 0. The van der Waals surface area contributed by atoms with Crippen LogP contribution >= 0.6 is 0 Å². The molecule has 4 rings (SSSR count). The van der Waals surface area contributed by atoms with E-state index in [9.17, 15) is 4.39 Å². The summed E-state index contributed by atoms with van der Waals surface area (Å²) in [5.74, 6) is 3.19. The highest BCUT2D eigenvalue weighted by Crippen LogP contribution is 2.47. The van der Waals surface area contributed by atoms with E-state index in [0.717, 1.165) is 41.4 Å². The third kappa shape index (κ3) is 3.59. The van der Waals surface area contributed by atoms with Gasteiger partial charge in [-0.2, -0.15) is 0 Å². The van der Waals surface area contributed by atoms with E-state index < -0.39 is 0 Å². The Hall–Kier alpha value is -1.63. The smallest absolute Gasteiger partial charge is 0.131 e. The Bertz CT molecular complexity index is 790. The second kappa shape index (κ2) is 7.55. The minimum atomic E-state index is -0.0441. The second-order valence-corrected chi connectivity index (χ2v) is 8.83. The van der Waals surface area contributed by atoms with Crippen molar-refractivity contribution in [3.8, 4) is 0 Å². The number of aryl methyl sites for hydroxylation is 1. The van der Waals surface area contributed by atoms with Crippen molar-refractivity contribution in [2.45, 2.75) is 64.2 Å². The number of fused-ring (bicyclic) bond motifs is 2. The fourth-order valence-electron chi connectivity index (χ4n) is 5.47. The molecule has 1 heteroatoms.